The SMILES string of the molecule is COc1ccc(C2COc3cc(OC4OC(COC(=O)CC(=O)O)C(O)C(O)C4O)cc(O)c3C2=O)c(OC)c1. The lowest BCUT2D eigenvalue weighted by molar-refractivity contribution is -0.278. The molecular formula is C26H28O14. The average Bonchev–Trinajstić information content (AvgIpc) is 2.92. The molecule has 1 fully saturated rings. The molecule has 2 aromatic carbocycles. The molecule has 0 spiro atoms. The molecule has 2 aliphatic rings. The highest BCUT2D eigenvalue weighted by Gasteiger charge is 2.46. The fourth-order valence-electron chi connectivity index (χ4n) is 4.40. The summed E-state index contributed by atoms with van der Waals surface area (Å²) in [4.78, 5) is 35.5. The normalized spacial score (nSPS) is 25.8. The predicted octanol–water partition coefficient (Wildman–Crippen LogP) is -0.0274. The van der Waals surface area contributed by atoms with E-state index in [0.29, 0.717) is 17.1 Å². The van der Waals surface area contributed by atoms with Crippen molar-refractivity contribution in [2.24, 2.45) is 0 Å². The number of carboxylic acid groups (broad SMARTS) is 1. The number of carboxylic acids is 1. The van der Waals surface area contributed by atoms with Gasteiger partial charge < -0.3 is 54.0 Å². The molecule has 6 unspecified atom stereocenters. The van der Waals surface area contributed by atoms with Gasteiger partial charge in [-0.25, -0.2) is 0 Å². The van der Waals surface area contributed by atoms with Crippen molar-refractivity contribution in [3.05, 3.63) is 41.5 Å². The van der Waals surface area contributed by atoms with Crippen LogP contribution in [0.15, 0.2) is 30.3 Å². The average molecular weight is 564 g/mol. The van der Waals surface area contributed by atoms with Crippen LogP contribution in [0.25, 0.3) is 0 Å². The van der Waals surface area contributed by atoms with E-state index in [-0.39, 0.29) is 23.7 Å². The van der Waals surface area contributed by atoms with Crippen molar-refractivity contribution < 1.29 is 68.3 Å². The Labute approximate surface area is 227 Å². The lowest BCUT2D eigenvalue weighted by atomic mass is 9.88. The number of aliphatic hydroxyl groups excluding tert-OH is 3. The zero-order valence-electron chi connectivity index (χ0n) is 21.4. The summed E-state index contributed by atoms with van der Waals surface area (Å²) in [6.45, 7) is -0.727. The smallest absolute Gasteiger partial charge is 0.317 e. The van der Waals surface area contributed by atoms with Crippen LogP contribution in [0.5, 0.6) is 28.7 Å². The Balaban J connectivity index is 1.51. The van der Waals surface area contributed by atoms with Gasteiger partial charge in [0, 0.05) is 23.8 Å². The molecule has 40 heavy (non-hydrogen) atoms. The maximum atomic E-state index is 13.4. The van der Waals surface area contributed by atoms with Crippen LogP contribution in [-0.4, -0.2) is 101 Å². The number of aliphatic carboxylic acids is 1. The molecule has 14 heteroatoms. The largest absolute Gasteiger partial charge is 0.507 e. The molecule has 216 valence electrons. The fraction of sp³-hybridized carbons (Fsp3) is 0.423. The second-order valence-electron chi connectivity index (χ2n) is 9.04. The van der Waals surface area contributed by atoms with Gasteiger partial charge in [-0.2, -0.15) is 0 Å². The molecule has 2 aromatic rings. The summed E-state index contributed by atoms with van der Waals surface area (Å²) < 4.78 is 32.1. The van der Waals surface area contributed by atoms with Gasteiger partial charge in [0.15, 0.2) is 5.78 Å². The topological polar surface area (TPSA) is 208 Å². The highest BCUT2D eigenvalue weighted by Crippen LogP contribution is 2.43. The van der Waals surface area contributed by atoms with Gasteiger partial charge in [-0.1, -0.05) is 6.07 Å². The van der Waals surface area contributed by atoms with Gasteiger partial charge in [-0.15, -0.1) is 0 Å². The van der Waals surface area contributed by atoms with Crippen molar-refractivity contribution >= 4 is 17.7 Å². The Morgan fingerprint density at radius 2 is 1.75 bits per heavy atom. The summed E-state index contributed by atoms with van der Waals surface area (Å²) in [5.74, 6) is -3.44. The van der Waals surface area contributed by atoms with Crippen LogP contribution >= 0.6 is 0 Å². The van der Waals surface area contributed by atoms with Crippen LogP contribution in [0.3, 0.4) is 0 Å². The number of aliphatic hydroxyl groups is 3. The summed E-state index contributed by atoms with van der Waals surface area (Å²) >= 11 is 0. The number of rotatable bonds is 9. The standard InChI is InChI=1S/C26H28O14/c1-35-11-3-4-13(16(6-11)36-2)14-9-37-17-7-12(5-15(27)21(17)22(14)31)39-26-25(34)24(33)23(32)18(40-26)10-38-20(30)8-19(28)29/h3-7,14,18,23-27,32-34H,8-10H2,1-2H3,(H,28,29). The Bertz CT molecular complexity index is 1280. The quantitative estimate of drug-likeness (QED) is 0.200. The van der Waals surface area contributed by atoms with E-state index in [1.54, 1.807) is 18.2 Å². The highest BCUT2D eigenvalue weighted by molar-refractivity contribution is 6.06. The molecule has 0 radical (unpaired) electrons. The van der Waals surface area contributed by atoms with Gasteiger partial charge in [0.25, 0.3) is 0 Å². The van der Waals surface area contributed by atoms with Crippen molar-refractivity contribution in [1.29, 1.82) is 0 Å². The molecule has 0 aliphatic carbocycles. The third kappa shape index (κ3) is 5.89. The lowest BCUT2D eigenvalue weighted by Gasteiger charge is -2.40. The number of hydrogen-bond donors (Lipinski definition) is 5. The van der Waals surface area contributed by atoms with E-state index in [9.17, 15) is 34.8 Å². The maximum Gasteiger partial charge on any atom is 0.317 e. The number of ether oxygens (including phenoxy) is 6. The molecule has 0 bridgehead atoms. The number of hydrogen-bond acceptors (Lipinski definition) is 13. The molecule has 6 atom stereocenters. The molecule has 5 N–H and O–H groups in total. The number of benzene rings is 2. The number of Topliss-reactive ketones (excluding diaryl/α,β-unsaturated/α-hetero) is 1. The molecule has 0 saturated carbocycles. The van der Waals surface area contributed by atoms with Crippen LogP contribution in [0.4, 0.5) is 0 Å². The monoisotopic (exact) mass is 564 g/mol. The molecule has 4 rings (SSSR count). The molecule has 2 heterocycles. The van der Waals surface area contributed by atoms with Crippen molar-refractivity contribution in [2.75, 3.05) is 27.4 Å². The number of carbonyl (C=O) groups is 3. The van der Waals surface area contributed by atoms with Gasteiger partial charge in [-0.05, 0) is 6.07 Å². The summed E-state index contributed by atoms with van der Waals surface area (Å²) in [5, 5.41) is 50.2. The number of methoxy groups -OCH3 is 2. The van der Waals surface area contributed by atoms with E-state index in [4.69, 9.17) is 33.5 Å². The first kappa shape index (κ1) is 28.9. The Morgan fingerprint density at radius 1 is 1.00 bits per heavy atom. The minimum atomic E-state index is -1.79. The molecule has 14 nitrogen and oxygen atoms in total. The fourth-order valence-corrected chi connectivity index (χ4v) is 4.40. The molecule has 0 amide bonds. The van der Waals surface area contributed by atoms with E-state index >= 15 is 0 Å². The van der Waals surface area contributed by atoms with Gasteiger partial charge in [-0.3, -0.25) is 14.4 Å². The number of ketones is 1. The Hall–Kier alpha value is -4.11. The van der Waals surface area contributed by atoms with E-state index < -0.39 is 73.1 Å². The van der Waals surface area contributed by atoms with Crippen LogP contribution < -0.4 is 18.9 Å². The summed E-state index contributed by atoms with van der Waals surface area (Å²) in [7, 11) is 2.94. The Kier molecular flexibility index (Phi) is 8.64. The zero-order valence-corrected chi connectivity index (χ0v) is 21.4. The number of phenols is 1. The molecule has 1 saturated heterocycles. The van der Waals surface area contributed by atoms with Crippen LogP contribution in [0.1, 0.15) is 28.3 Å². The van der Waals surface area contributed by atoms with Crippen molar-refractivity contribution in [1.82, 2.24) is 0 Å². The first-order chi connectivity index (χ1) is 19.0. The summed E-state index contributed by atoms with van der Waals surface area (Å²) in [6.07, 6.45) is -9.18. The number of carbonyl (C=O) groups excluding carboxylic acids is 2. The number of esters is 1. The third-order valence-electron chi connectivity index (χ3n) is 6.46. The Morgan fingerprint density at radius 3 is 2.42 bits per heavy atom. The van der Waals surface area contributed by atoms with Crippen molar-refractivity contribution in [3.63, 3.8) is 0 Å². The van der Waals surface area contributed by atoms with E-state index in [0.717, 1.165) is 6.07 Å². The van der Waals surface area contributed by atoms with Crippen LogP contribution in [-0.2, 0) is 19.1 Å². The van der Waals surface area contributed by atoms with Crippen molar-refractivity contribution in [2.45, 2.75) is 43.0 Å². The molecular weight excluding hydrogens is 536 g/mol. The minimum absolute atomic E-state index is 0.00578. The summed E-state index contributed by atoms with van der Waals surface area (Å²) in [5.41, 5.74) is 0.422. The maximum absolute atomic E-state index is 13.4. The number of aromatic hydroxyl groups is 1. The second kappa shape index (κ2) is 12.0. The van der Waals surface area contributed by atoms with Crippen LogP contribution in [0.2, 0.25) is 0 Å². The van der Waals surface area contributed by atoms with E-state index in [1.807, 2.05) is 0 Å². The molecule has 2 aliphatic heterocycles. The van der Waals surface area contributed by atoms with Gasteiger partial charge in [0.05, 0.1) is 20.1 Å². The first-order valence-electron chi connectivity index (χ1n) is 12.0. The predicted molar refractivity (Wildman–Crippen MR) is 131 cm³/mol. The highest BCUT2D eigenvalue weighted by atomic mass is 16.7. The van der Waals surface area contributed by atoms with Gasteiger partial charge in [0.1, 0.15) is 78.4 Å². The minimum Gasteiger partial charge on any atom is -0.507 e. The van der Waals surface area contributed by atoms with E-state index in [2.05, 4.69) is 0 Å². The lowest BCUT2D eigenvalue weighted by Crippen LogP contribution is -2.60. The van der Waals surface area contributed by atoms with Crippen LogP contribution in [0, 0.1) is 0 Å². The zero-order chi connectivity index (χ0) is 29.1. The second-order valence-corrected chi connectivity index (χ2v) is 9.04. The van der Waals surface area contributed by atoms with Gasteiger partial charge in [0.2, 0.25) is 6.29 Å². The summed E-state index contributed by atoms with van der Waals surface area (Å²) in [6, 6.07) is 7.32. The third-order valence-corrected chi connectivity index (χ3v) is 6.46. The number of fused-ring (bicyclic) bond motifs is 1. The van der Waals surface area contributed by atoms with Gasteiger partial charge >= 0.3 is 11.9 Å². The first-order valence-corrected chi connectivity index (χ1v) is 12.0. The molecule has 0 aromatic heterocycles. The number of phenolic OH excluding ortho intramolecular Hbond substituents is 1. The van der Waals surface area contributed by atoms with E-state index in [1.165, 1.54) is 20.3 Å². The van der Waals surface area contributed by atoms with Crippen molar-refractivity contribution in [3.8, 4) is 28.7 Å².